The Labute approximate surface area is 260 Å². The van der Waals surface area contributed by atoms with Gasteiger partial charge in [0, 0.05) is 41.1 Å². The molecule has 1 fully saturated rings. The van der Waals surface area contributed by atoms with Crippen LogP contribution in [0, 0.1) is 0 Å². The number of ether oxygens (including phenoxy) is 1. The predicted octanol–water partition coefficient (Wildman–Crippen LogP) is 8.01. The van der Waals surface area contributed by atoms with E-state index in [4.69, 9.17) is 16.3 Å². The van der Waals surface area contributed by atoms with Crippen molar-refractivity contribution in [2.24, 2.45) is 0 Å². The van der Waals surface area contributed by atoms with Gasteiger partial charge < -0.3 is 15.0 Å². The molecule has 8 heteroatoms. The number of halogens is 1. The first-order chi connectivity index (χ1) is 21.0. The lowest BCUT2D eigenvalue weighted by Crippen LogP contribution is -2.46. The van der Waals surface area contributed by atoms with Gasteiger partial charge in [-0.1, -0.05) is 60.1 Å². The van der Waals surface area contributed by atoms with Crippen LogP contribution in [0.5, 0.6) is 5.75 Å². The van der Waals surface area contributed by atoms with E-state index in [1.807, 2.05) is 59.5 Å². The maximum absolute atomic E-state index is 14.3. The van der Waals surface area contributed by atoms with Gasteiger partial charge in [-0.25, -0.2) is 0 Å². The average molecular weight is 610 g/mol. The topological polar surface area (TPSA) is 71.5 Å². The van der Waals surface area contributed by atoms with E-state index in [-0.39, 0.29) is 23.9 Å². The van der Waals surface area contributed by atoms with Gasteiger partial charge in [0.1, 0.15) is 10.6 Å². The zero-order chi connectivity index (χ0) is 29.8. The summed E-state index contributed by atoms with van der Waals surface area (Å²) in [7, 11) is 1.57. The van der Waals surface area contributed by atoms with Gasteiger partial charge in [0.15, 0.2) is 0 Å². The Balaban J connectivity index is 1.24. The molecule has 0 radical (unpaired) electrons. The van der Waals surface area contributed by atoms with Gasteiger partial charge in [-0.3, -0.25) is 14.6 Å². The molecule has 0 unspecified atom stereocenters. The van der Waals surface area contributed by atoms with Crippen LogP contribution in [0.15, 0.2) is 97.3 Å². The van der Waals surface area contributed by atoms with Gasteiger partial charge in [-0.15, -0.1) is 11.3 Å². The number of methoxy groups -OCH3 is 1. The summed E-state index contributed by atoms with van der Waals surface area (Å²) < 4.78 is 6.38. The third-order valence-corrected chi connectivity index (χ3v) is 9.77. The minimum Gasteiger partial charge on any atom is -0.496 e. The monoisotopic (exact) mass is 609 g/mol. The third-order valence-electron chi connectivity index (χ3n) is 8.11. The molecule has 0 spiro atoms. The normalized spacial score (nSPS) is 16.5. The number of para-hydroxylation sites is 1. The molecule has 0 aliphatic heterocycles. The summed E-state index contributed by atoms with van der Waals surface area (Å²) in [4.78, 5) is 34.0. The molecule has 0 atom stereocenters. The van der Waals surface area contributed by atoms with Crippen LogP contribution in [0.1, 0.15) is 51.3 Å². The number of thiophene rings is 1. The molecule has 0 bridgehead atoms. The maximum Gasteiger partial charge on any atom is 0.266 e. The fraction of sp³-hybridized carbons (Fsp3) is 0.229. The van der Waals surface area contributed by atoms with E-state index in [2.05, 4.69) is 28.5 Å². The Morgan fingerprint density at radius 3 is 2.44 bits per heavy atom. The number of carbonyl (C=O) groups is 2. The van der Waals surface area contributed by atoms with E-state index in [0.29, 0.717) is 27.8 Å². The summed E-state index contributed by atoms with van der Waals surface area (Å²) in [6.45, 7) is 0.464. The zero-order valence-electron chi connectivity index (χ0n) is 23.8. The first kappa shape index (κ1) is 28.9. The van der Waals surface area contributed by atoms with E-state index in [1.54, 1.807) is 31.6 Å². The molecule has 2 amide bonds. The molecule has 6 nitrogen and oxygen atoms in total. The molecule has 1 aliphatic carbocycles. The van der Waals surface area contributed by atoms with E-state index in [1.165, 1.54) is 11.3 Å². The molecular weight excluding hydrogens is 578 g/mol. The minimum absolute atomic E-state index is 0.0118. The second kappa shape index (κ2) is 13.0. The van der Waals surface area contributed by atoms with Crippen LogP contribution in [0.25, 0.3) is 21.2 Å². The quantitative estimate of drug-likeness (QED) is 0.193. The molecule has 1 aliphatic rings. The fourth-order valence-corrected chi connectivity index (χ4v) is 7.33. The third kappa shape index (κ3) is 6.28. The summed E-state index contributed by atoms with van der Waals surface area (Å²) >= 11 is 8.25. The van der Waals surface area contributed by atoms with E-state index < -0.39 is 0 Å². The van der Waals surface area contributed by atoms with Crippen molar-refractivity contribution in [2.75, 3.05) is 7.11 Å². The molecule has 6 rings (SSSR count). The number of benzene rings is 3. The second-order valence-electron chi connectivity index (χ2n) is 10.8. The first-order valence-electron chi connectivity index (χ1n) is 14.4. The number of rotatable bonds is 8. The fourth-order valence-electron chi connectivity index (χ4n) is 5.87. The molecule has 5 aromatic rings. The van der Waals surface area contributed by atoms with Crippen LogP contribution in [0.4, 0.5) is 0 Å². The number of nitrogens with one attached hydrogen (secondary N) is 1. The molecule has 2 heterocycles. The van der Waals surface area contributed by atoms with Crippen LogP contribution in [-0.2, 0) is 6.54 Å². The summed E-state index contributed by atoms with van der Waals surface area (Å²) in [6.07, 6.45) is 6.65. The molecule has 2 aromatic heterocycles. The van der Waals surface area contributed by atoms with Gasteiger partial charge in [0.2, 0.25) is 0 Å². The van der Waals surface area contributed by atoms with Crippen molar-refractivity contribution in [2.45, 2.75) is 44.3 Å². The SMILES string of the molecule is COc1ccccc1C(=O)NC1CCC(N(Cc2cccc(-c3ccncc3)c2)C(=O)c2sc3ccccc3c2Cl)CC1. The van der Waals surface area contributed by atoms with E-state index in [9.17, 15) is 9.59 Å². The molecule has 1 saturated carbocycles. The van der Waals surface area contributed by atoms with Crippen molar-refractivity contribution < 1.29 is 14.3 Å². The summed E-state index contributed by atoms with van der Waals surface area (Å²) in [6, 6.07) is 27.4. The lowest BCUT2D eigenvalue weighted by atomic mass is 9.89. The predicted molar refractivity (Wildman–Crippen MR) is 173 cm³/mol. The number of pyridine rings is 1. The van der Waals surface area contributed by atoms with Gasteiger partial charge in [0.25, 0.3) is 11.8 Å². The average Bonchev–Trinajstić information content (AvgIpc) is 3.40. The highest BCUT2D eigenvalue weighted by Crippen LogP contribution is 2.37. The Morgan fingerprint density at radius 1 is 0.930 bits per heavy atom. The molecular formula is C35H32ClN3O3S. The van der Waals surface area contributed by atoms with Crippen molar-refractivity contribution >= 4 is 44.8 Å². The van der Waals surface area contributed by atoms with Crippen LogP contribution in [0.2, 0.25) is 5.02 Å². The van der Waals surface area contributed by atoms with E-state index >= 15 is 0 Å². The van der Waals surface area contributed by atoms with Crippen molar-refractivity contribution in [3.63, 3.8) is 0 Å². The van der Waals surface area contributed by atoms with Crippen LogP contribution >= 0.6 is 22.9 Å². The Bertz CT molecular complexity index is 1750. The van der Waals surface area contributed by atoms with Crippen LogP contribution in [0.3, 0.4) is 0 Å². The summed E-state index contributed by atoms with van der Waals surface area (Å²) in [5.41, 5.74) is 3.73. The molecule has 0 saturated heterocycles. The molecule has 3 aromatic carbocycles. The number of hydrogen-bond acceptors (Lipinski definition) is 5. The summed E-state index contributed by atoms with van der Waals surface area (Å²) in [5.74, 6) is 0.362. The lowest BCUT2D eigenvalue weighted by Gasteiger charge is -2.37. The number of aromatic nitrogens is 1. The van der Waals surface area contributed by atoms with Gasteiger partial charge in [-0.05, 0) is 78.8 Å². The zero-order valence-corrected chi connectivity index (χ0v) is 25.4. The smallest absolute Gasteiger partial charge is 0.266 e. The highest BCUT2D eigenvalue weighted by molar-refractivity contribution is 7.21. The lowest BCUT2D eigenvalue weighted by molar-refractivity contribution is 0.0597. The molecule has 1 N–H and O–H groups in total. The van der Waals surface area contributed by atoms with Crippen molar-refractivity contribution in [3.05, 3.63) is 118 Å². The standard InChI is InChI=1S/C35H32ClN3O3S/c1-42-30-11-4-2-9-28(30)34(40)38-26-13-15-27(16-14-26)39(35(41)33-32(36)29-10-3-5-12-31(29)43-33)22-23-7-6-8-25(21-23)24-17-19-37-20-18-24/h2-12,17-21,26-27H,13-16,22H2,1H3,(H,38,40). The Kier molecular flexibility index (Phi) is 8.72. The maximum atomic E-state index is 14.3. The highest BCUT2D eigenvalue weighted by atomic mass is 35.5. The van der Waals surface area contributed by atoms with Gasteiger partial charge >= 0.3 is 0 Å². The van der Waals surface area contributed by atoms with Crippen LogP contribution < -0.4 is 10.1 Å². The van der Waals surface area contributed by atoms with Gasteiger partial charge in [-0.2, -0.15) is 0 Å². The second-order valence-corrected chi connectivity index (χ2v) is 12.2. The molecule has 43 heavy (non-hydrogen) atoms. The number of carbonyl (C=O) groups excluding carboxylic acids is 2. The number of fused-ring (bicyclic) bond motifs is 1. The Morgan fingerprint density at radius 2 is 1.67 bits per heavy atom. The largest absolute Gasteiger partial charge is 0.496 e. The van der Waals surface area contributed by atoms with Crippen molar-refractivity contribution in [1.82, 2.24) is 15.2 Å². The minimum atomic E-state index is -0.140. The number of nitrogens with zero attached hydrogens (tertiary/aromatic N) is 2. The van der Waals surface area contributed by atoms with E-state index in [0.717, 1.165) is 52.5 Å². The van der Waals surface area contributed by atoms with Crippen LogP contribution in [-0.4, -0.2) is 40.9 Å². The first-order valence-corrected chi connectivity index (χ1v) is 15.6. The van der Waals surface area contributed by atoms with Gasteiger partial charge in [0.05, 0.1) is 17.7 Å². The molecule has 218 valence electrons. The highest BCUT2D eigenvalue weighted by Gasteiger charge is 2.32. The Hall–Kier alpha value is -4.20. The number of amides is 2. The summed E-state index contributed by atoms with van der Waals surface area (Å²) in [5, 5.41) is 4.60. The number of hydrogen-bond donors (Lipinski definition) is 1. The van der Waals surface area contributed by atoms with Crippen molar-refractivity contribution in [1.29, 1.82) is 0 Å². The van der Waals surface area contributed by atoms with Crippen molar-refractivity contribution in [3.8, 4) is 16.9 Å².